The van der Waals surface area contributed by atoms with Crippen molar-refractivity contribution in [3.8, 4) is 0 Å². The fourth-order valence-electron chi connectivity index (χ4n) is 2.30. The average molecular weight is 384 g/mol. The van der Waals surface area contributed by atoms with E-state index in [0.29, 0.717) is 6.54 Å². The second kappa shape index (κ2) is 8.34. The number of amides is 1. The number of hydrogen-bond acceptors (Lipinski definition) is 4. The van der Waals surface area contributed by atoms with Crippen molar-refractivity contribution in [2.45, 2.75) is 24.9 Å². The van der Waals surface area contributed by atoms with Crippen LogP contribution in [0.1, 0.15) is 17.7 Å². The van der Waals surface area contributed by atoms with Crippen LogP contribution in [0.25, 0.3) is 0 Å². The molecule has 0 atom stereocenters. The molecular weight excluding hydrogens is 364 g/mol. The first-order valence-electron chi connectivity index (χ1n) is 6.45. The highest BCUT2D eigenvalue weighted by atomic mass is 79.9. The van der Waals surface area contributed by atoms with Crippen LogP contribution in [0, 0.1) is 0 Å². The van der Waals surface area contributed by atoms with E-state index in [-0.39, 0.29) is 18.3 Å². The van der Waals surface area contributed by atoms with E-state index in [2.05, 4.69) is 32.6 Å². The van der Waals surface area contributed by atoms with Gasteiger partial charge in [-0.1, -0.05) is 0 Å². The van der Waals surface area contributed by atoms with Crippen LogP contribution in [0.4, 0.5) is 0 Å². The summed E-state index contributed by atoms with van der Waals surface area (Å²) in [6, 6.07) is 4.11. The second-order valence-electron chi connectivity index (χ2n) is 4.66. The Hall–Kier alpha value is -0.140. The zero-order valence-corrected chi connectivity index (χ0v) is 14.6. The van der Waals surface area contributed by atoms with Gasteiger partial charge in [-0.05, 0) is 60.4 Å². The summed E-state index contributed by atoms with van der Waals surface area (Å²) < 4.78 is 6.62. The standard InChI is InChI=1S/C13H19BrN2O2S.ClH/c1-18-13(5-8-15-9-6-13)12(17)16-7-4-10-2-3-11(14)19-10;/h2-3,15H,4-9H2,1H3,(H,16,17);1H. The van der Waals surface area contributed by atoms with Gasteiger partial charge in [-0.25, -0.2) is 0 Å². The van der Waals surface area contributed by atoms with Gasteiger partial charge in [0, 0.05) is 18.5 Å². The van der Waals surface area contributed by atoms with E-state index in [4.69, 9.17) is 4.74 Å². The summed E-state index contributed by atoms with van der Waals surface area (Å²) in [5.41, 5.74) is -0.638. The molecule has 1 aromatic rings. The molecule has 0 aliphatic carbocycles. The number of methoxy groups -OCH3 is 1. The van der Waals surface area contributed by atoms with Gasteiger partial charge in [-0.3, -0.25) is 4.79 Å². The van der Waals surface area contributed by atoms with Crippen LogP contribution in [0.3, 0.4) is 0 Å². The molecule has 1 aliphatic heterocycles. The molecule has 0 spiro atoms. The quantitative estimate of drug-likeness (QED) is 0.820. The maximum absolute atomic E-state index is 12.3. The molecule has 1 fully saturated rings. The number of hydrogen-bond donors (Lipinski definition) is 2. The van der Waals surface area contributed by atoms with Gasteiger partial charge in [-0.2, -0.15) is 0 Å². The molecular formula is C13H20BrClN2O2S. The maximum Gasteiger partial charge on any atom is 0.252 e. The van der Waals surface area contributed by atoms with Gasteiger partial charge >= 0.3 is 0 Å². The first-order valence-corrected chi connectivity index (χ1v) is 8.06. The lowest BCUT2D eigenvalue weighted by atomic mass is 9.91. The smallest absolute Gasteiger partial charge is 0.252 e. The van der Waals surface area contributed by atoms with E-state index in [1.54, 1.807) is 18.4 Å². The highest BCUT2D eigenvalue weighted by Crippen LogP contribution is 2.23. The topological polar surface area (TPSA) is 50.4 Å². The third-order valence-corrected chi connectivity index (χ3v) is 5.19. The minimum atomic E-state index is -0.638. The minimum Gasteiger partial charge on any atom is -0.368 e. The van der Waals surface area contributed by atoms with Crippen molar-refractivity contribution < 1.29 is 9.53 Å². The summed E-state index contributed by atoms with van der Waals surface area (Å²) in [6.45, 7) is 2.32. The third-order valence-electron chi connectivity index (χ3n) is 3.50. The highest BCUT2D eigenvalue weighted by molar-refractivity contribution is 9.11. The predicted octanol–water partition coefficient (Wildman–Crippen LogP) is 2.36. The largest absolute Gasteiger partial charge is 0.368 e. The predicted molar refractivity (Wildman–Crippen MR) is 87.8 cm³/mol. The summed E-state index contributed by atoms with van der Waals surface area (Å²) in [5, 5.41) is 6.25. The number of nitrogens with one attached hydrogen (secondary N) is 2. The Morgan fingerprint density at radius 3 is 2.75 bits per heavy atom. The zero-order chi connectivity index (χ0) is 13.7. The molecule has 1 saturated heterocycles. The summed E-state index contributed by atoms with van der Waals surface area (Å²) in [6.07, 6.45) is 2.33. The van der Waals surface area contributed by atoms with E-state index in [0.717, 1.165) is 36.1 Å². The Balaban J connectivity index is 0.00000200. The fourth-order valence-corrected chi connectivity index (χ4v) is 3.78. The Labute approximate surface area is 138 Å². The molecule has 114 valence electrons. The number of piperidine rings is 1. The lowest BCUT2D eigenvalue weighted by Crippen LogP contribution is -2.54. The van der Waals surface area contributed by atoms with E-state index in [1.165, 1.54) is 4.88 Å². The van der Waals surface area contributed by atoms with Crippen molar-refractivity contribution in [3.63, 3.8) is 0 Å². The van der Waals surface area contributed by atoms with Crippen molar-refractivity contribution >= 4 is 45.6 Å². The molecule has 0 aromatic carbocycles. The molecule has 1 aromatic heterocycles. The van der Waals surface area contributed by atoms with E-state index < -0.39 is 5.60 Å². The number of thiophene rings is 1. The Morgan fingerprint density at radius 1 is 1.50 bits per heavy atom. The van der Waals surface area contributed by atoms with Crippen molar-refractivity contribution in [1.29, 1.82) is 0 Å². The van der Waals surface area contributed by atoms with Crippen molar-refractivity contribution in [2.24, 2.45) is 0 Å². The zero-order valence-electron chi connectivity index (χ0n) is 11.4. The normalized spacial score (nSPS) is 17.3. The van der Waals surface area contributed by atoms with Crippen molar-refractivity contribution in [1.82, 2.24) is 10.6 Å². The molecule has 1 aliphatic rings. The molecule has 4 nitrogen and oxygen atoms in total. The van der Waals surface area contributed by atoms with Crippen LogP contribution in [0.15, 0.2) is 15.9 Å². The monoisotopic (exact) mass is 382 g/mol. The second-order valence-corrected chi connectivity index (χ2v) is 7.21. The van der Waals surface area contributed by atoms with E-state index in [9.17, 15) is 4.79 Å². The lowest BCUT2D eigenvalue weighted by molar-refractivity contribution is -0.146. The molecule has 2 heterocycles. The molecule has 0 saturated carbocycles. The molecule has 0 bridgehead atoms. The molecule has 0 unspecified atom stereocenters. The van der Waals surface area contributed by atoms with Crippen LogP contribution in [-0.4, -0.2) is 38.3 Å². The van der Waals surface area contributed by atoms with E-state index >= 15 is 0 Å². The number of ether oxygens (including phenoxy) is 1. The van der Waals surface area contributed by atoms with Gasteiger partial charge in [0.2, 0.25) is 0 Å². The van der Waals surface area contributed by atoms with Crippen LogP contribution in [0.5, 0.6) is 0 Å². The third kappa shape index (κ3) is 4.43. The van der Waals surface area contributed by atoms with Crippen LogP contribution >= 0.6 is 39.7 Å². The van der Waals surface area contributed by atoms with Crippen LogP contribution < -0.4 is 10.6 Å². The fraction of sp³-hybridized carbons (Fsp3) is 0.615. The molecule has 1 amide bonds. The molecule has 0 radical (unpaired) electrons. The van der Waals surface area contributed by atoms with Crippen molar-refractivity contribution in [3.05, 3.63) is 20.8 Å². The first kappa shape index (κ1) is 17.9. The van der Waals surface area contributed by atoms with Gasteiger partial charge < -0.3 is 15.4 Å². The minimum absolute atomic E-state index is 0. The summed E-state index contributed by atoms with van der Waals surface area (Å²) >= 11 is 5.14. The average Bonchev–Trinajstić information content (AvgIpc) is 2.85. The molecule has 2 rings (SSSR count). The number of carbonyl (C=O) groups is 1. The van der Waals surface area contributed by atoms with Crippen molar-refractivity contribution in [2.75, 3.05) is 26.7 Å². The number of carbonyl (C=O) groups excluding carboxylic acids is 1. The lowest BCUT2D eigenvalue weighted by Gasteiger charge is -2.34. The van der Waals surface area contributed by atoms with Gasteiger partial charge in [0.05, 0.1) is 3.79 Å². The summed E-state index contributed by atoms with van der Waals surface area (Å²) in [4.78, 5) is 13.5. The van der Waals surface area contributed by atoms with Crippen LogP contribution in [0.2, 0.25) is 0 Å². The maximum atomic E-state index is 12.3. The number of rotatable bonds is 5. The summed E-state index contributed by atoms with van der Waals surface area (Å²) in [7, 11) is 1.63. The highest BCUT2D eigenvalue weighted by Gasteiger charge is 2.39. The van der Waals surface area contributed by atoms with Gasteiger partial charge in [0.25, 0.3) is 5.91 Å². The van der Waals surface area contributed by atoms with Gasteiger partial charge in [0.1, 0.15) is 5.60 Å². The van der Waals surface area contributed by atoms with Crippen LogP contribution in [-0.2, 0) is 16.0 Å². The number of halogens is 2. The van der Waals surface area contributed by atoms with Gasteiger partial charge in [-0.15, -0.1) is 23.7 Å². The molecule has 2 N–H and O–H groups in total. The Kier molecular flexibility index (Phi) is 7.47. The Morgan fingerprint density at radius 2 is 2.20 bits per heavy atom. The van der Waals surface area contributed by atoms with E-state index in [1.807, 2.05) is 6.07 Å². The van der Waals surface area contributed by atoms with Gasteiger partial charge in [0.15, 0.2) is 0 Å². The Bertz CT molecular complexity index is 436. The SMILES string of the molecule is COC1(C(=O)NCCc2ccc(Br)s2)CCNCC1.Cl. The summed E-state index contributed by atoms with van der Waals surface area (Å²) in [5.74, 6) is 0.0205. The molecule has 20 heavy (non-hydrogen) atoms. The molecule has 7 heteroatoms. The first-order chi connectivity index (χ1) is 9.16.